The van der Waals surface area contributed by atoms with Crippen LogP contribution in [0.4, 0.5) is 11.8 Å². The van der Waals surface area contributed by atoms with Gasteiger partial charge in [-0.05, 0) is 19.6 Å². The third kappa shape index (κ3) is 4.38. The fourth-order valence-corrected chi connectivity index (χ4v) is 1.93. The van der Waals surface area contributed by atoms with Gasteiger partial charge < -0.3 is 11.1 Å². The summed E-state index contributed by atoms with van der Waals surface area (Å²) in [6.07, 6.45) is 0. The average Bonchev–Trinajstić information content (AvgIpc) is 2.13. The molecule has 1 atom stereocenters. The predicted molar refractivity (Wildman–Crippen MR) is 67.3 cm³/mol. The largest absolute Gasteiger partial charge is 0.368 e. The first-order valence-corrected chi connectivity index (χ1v) is 6.22. The highest BCUT2D eigenvalue weighted by Gasteiger charge is 2.04. The molecule has 0 radical (unpaired) electrons. The lowest BCUT2D eigenvalue weighted by atomic mass is 10.3. The van der Waals surface area contributed by atoms with Crippen molar-refractivity contribution in [1.82, 2.24) is 9.97 Å². The number of anilines is 2. The van der Waals surface area contributed by atoms with Crippen molar-refractivity contribution >= 4 is 23.5 Å². The van der Waals surface area contributed by atoms with Gasteiger partial charge in [-0.3, -0.25) is 0 Å². The van der Waals surface area contributed by atoms with Gasteiger partial charge in [0.15, 0.2) is 0 Å². The Bertz CT molecular complexity index is 296. The van der Waals surface area contributed by atoms with E-state index in [2.05, 4.69) is 29.1 Å². The quantitative estimate of drug-likeness (QED) is 0.803. The summed E-state index contributed by atoms with van der Waals surface area (Å²) in [4.78, 5) is 8.15. The first-order chi connectivity index (χ1) is 7.11. The third-order valence-electron chi connectivity index (χ3n) is 1.84. The van der Waals surface area contributed by atoms with Gasteiger partial charge in [0.25, 0.3) is 0 Å². The molecule has 1 heterocycles. The van der Waals surface area contributed by atoms with Crippen LogP contribution in [0.15, 0.2) is 6.07 Å². The standard InChI is InChI=1S/C10H18N4S/c1-4-15-6-8(3)12-9-5-7(2)13-10(11)14-9/h5,8H,4,6H2,1-3H3,(H3,11,12,13,14). The number of thioether (sulfide) groups is 1. The lowest BCUT2D eigenvalue weighted by Gasteiger charge is -2.14. The zero-order chi connectivity index (χ0) is 11.3. The number of nitrogens with one attached hydrogen (secondary N) is 1. The van der Waals surface area contributed by atoms with E-state index in [9.17, 15) is 0 Å². The second-order valence-corrected chi connectivity index (χ2v) is 4.78. The van der Waals surface area contributed by atoms with Crippen molar-refractivity contribution in [2.24, 2.45) is 0 Å². The Morgan fingerprint density at radius 2 is 2.27 bits per heavy atom. The van der Waals surface area contributed by atoms with Crippen molar-refractivity contribution in [3.63, 3.8) is 0 Å². The molecule has 3 N–H and O–H groups in total. The molecule has 0 aliphatic rings. The van der Waals surface area contributed by atoms with Gasteiger partial charge in [-0.2, -0.15) is 16.7 Å². The van der Waals surface area contributed by atoms with E-state index in [4.69, 9.17) is 5.73 Å². The molecular formula is C10H18N4S. The summed E-state index contributed by atoms with van der Waals surface area (Å²) in [5.41, 5.74) is 6.46. The number of nitrogens with two attached hydrogens (primary N) is 1. The number of aromatic nitrogens is 2. The first kappa shape index (κ1) is 12.1. The van der Waals surface area contributed by atoms with E-state index >= 15 is 0 Å². The van der Waals surface area contributed by atoms with Crippen molar-refractivity contribution < 1.29 is 0 Å². The minimum Gasteiger partial charge on any atom is -0.368 e. The molecule has 1 aromatic rings. The van der Waals surface area contributed by atoms with Crippen LogP contribution in [0.2, 0.25) is 0 Å². The van der Waals surface area contributed by atoms with Gasteiger partial charge in [0.05, 0.1) is 0 Å². The molecule has 1 rings (SSSR count). The highest BCUT2D eigenvalue weighted by Crippen LogP contribution is 2.10. The van der Waals surface area contributed by atoms with E-state index in [1.165, 1.54) is 0 Å². The number of rotatable bonds is 5. The van der Waals surface area contributed by atoms with Crippen LogP contribution in [0.25, 0.3) is 0 Å². The van der Waals surface area contributed by atoms with E-state index < -0.39 is 0 Å². The van der Waals surface area contributed by atoms with E-state index in [1.54, 1.807) is 0 Å². The van der Waals surface area contributed by atoms with E-state index in [-0.39, 0.29) is 0 Å². The van der Waals surface area contributed by atoms with Crippen LogP contribution in [0.1, 0.15) is 19.5 Å². The van der Waals surface area contributed by atoms with E-state index in [1.807, 2.05) is 24.8 Å². The van der Waals surface area contributed by atoms with Gasteiger partial charge in [0.1, 0.15) is 5.82 Å². The fourth-order valence-electron chi connectivity index (χ4n) is 1.25. The molecule has 0 bridgehead atoms. The summed E-state index contributed by atoms with van der Waals surface area (Å²) in [7, 11) is 0. The highest BCUT2D eigenvalue weighted by atomic mass is 32.2. The minimum atomic E-state index is 0.327. The van der Waals surface area contributed by atoms with Gasteiger partial charge in [-0.25, -0.2) is 4.98 Å². The van der Waals surface area contributed by atoms with Crippen molar-refractivity contribution in [3.05, 3.63) is 11.8 Å². The molecule has 4 nitrogen and oxygen atoms in total. The summed E-state index contributed by atoms with van der Waals surface area (Å²) in [6, 6.07) is 2.30. The van der Waals surface area contributed by atoms with Gasteiger partial charge >= 0.3 is 0 Å². The lowest BCUT2D eigenvalue weighted by molar-refractivity contribution is 0.898. The monoisotopic (exact) mass is 226 g/mol. The number of nitrogens with zero attached hydrogens (tertiary/aromatic N) is 2. The van der Waals surface area contributed by atoms with Crippen molar-refractivity contribution in [3.8, 4) is 0 Å². The van der Waals surface area contributed by atoms with E-state index in [0.29, 0.717) is 12.0 Å². The molecule has 84 valence electrons. The molecular weight excluding hydrogens is 208 g/mol. The molecule has 0 spiro atoms. The second kappa shape index (κ2) is 5.80. The summed E-state index contributed by atoms with van der Waals surface area (Å²) in [5.74, 6) is 3.34. The minimum absolute atomic E-state index is 0.327. The van der Waals surface area contributed by atoms with Crippen molar-refractivity contribution in [2.45, 2.75) is 26.8 Å². The smallest absolute Gasteiger partial charge is 0.222 e. The van der Waals surface area contributed by atoms with Gasteiger partial charge in [0, 0.05) is 23.6 Å². The molecule has 0 aliphatic heterocycles. The van der Waals surface area contributed by atoms with Crippen molar-refractivity contribution in [2.75, 3.05) is 22.6 Å². The fraction of sp³-hybridized carbons (Fsp3) is 0.600. The maximum absolute atomic E-state index is 5.57. The summed E-state index contributed by atoms with van der Waals surface area (Å²) in [5, 5.41) is 3.31. The number of hydrogen-bond acceptors (Lipinski definition) is 5. The molecule has 0 saturated carbocycles. The molecule has 1 aromatic heterocycles. The van der Waals surface area contributed by atoms with Crippen molar-refractivity contribution in [1.29, 1.82) is 0 Å². The molecule has 15 heavy (non-hydrogen) atoms. The molecule has 0 aliphatic carbocycles. The van der Waals surface area contributed by atoms with Crippen LogP contribution in [-0.4, -0.2) is 27.5 Å². The Labute approximate surface area is 95.1 Å². The second-order valence-electron chi connectivity index (χ2n) is 3.46. The number of aryl methyl sites for hydroxylation is 1. The van der Waals surface area contributed by atoms with Crippen LogP contribution in [-0.2, 0) is 0 Å². The van der Waals surface area contributed by atoms with Crippen LogP contribution in [0.3, 0.4) is 0 Å². The lowest BCUT2D eigenvalue weighted by Crippen LogP contribution is -2.19. The summed E-state index contributed by atoms with van der Waals surface area (Å²) >= 11 is 1.91. The highest BCUT2D eigenvalue weighted by molar-refractivity contribution is 7.99. The zero-order valence-corrected chi connectivity index (χ0v) is 10.3. The average molecular weight is 226 g/mol. The Morgan fingerprint density at radius 3 is 2.87 bits per heavy atom. The summed E-state index contributed by atoms with van der Waals surface area (Å²) in [6.45, 7) is 6.20. The topological polar surface area (TPSA) is 63.8 Å². The Balaban J connectivity index is 2.56. The predicted octanol–water partition coefficient (Wildman–Crippen LogP) is 1.92. The third-order valence-corrected chi connectivity index (χ3v) is 2.98. The maximum atomic E-state index is 5.57. The molecule has 1 unspecified atom stereocenters. The van der Waals surface area contributed by atoms with Crippen LogP contribution in [0.5, 0.6) is 0 Å². The normalized spacial score (nSPS) is 12.5. The SMILES string of the molecule is CCSCC(C)Nc1cc(C)nc(N)n1. The van der Waals surface area contributed by atoms with Crippen LogP contribution >= 0.6 is 11.8 Å². The summed E-state index contributed by atoms with van der Waals surface area (Å²) < 4.78 is 0. The van der Waals surface area contributed by atoms with Gasteiger partial charge in [0.2, 0.25) is 5.95 Å². The number of hydrogen-bond donors (Lipinski definition) is 2. The van der Waals surface area contributed by atoms with Crippen LogP contribution < -0.4 is 11.1 Å². The Morgan fingerprint density at radius 1 is 1.53 bits per heavy atom. The maximum Gasteiger partial charge on any atom is 0.222 e. The van der Waals surface area contributed by atoms with E-state index in [0.717, 1.165) is 23.0 Å². The molecule has 0 aromatic carbocycles. The van der Waals surface area contributed by atoms with Crippen LogP contribution in [0, 0.1) is 6.92 Å². The molecule has 0 fully saturated rings. The molecule has 0 amide bonds. The Hall–Kier alpha value is -0.970. The number of nitrogen functional groups attached to an aromatic ring is 1. The zero-order valence-electron chi connectivity index (χ0n) is 9.45. The Kier molecular flexibility index (Phi) is 4.68. The van der Waals surface area contributed by atoms with Gasteiger partial charge in [-0.15, -0.1) is 0 Å². The first-order valence-electron chi connectivity index (χ1n) is 5.07. The molecule has 0 saturated heterocycles. The molecule has 5 heteroatoms. The van der Waals surface area contributed by atoms with Gasteiger partial charge in [-0.1, -0.05) is 6.92 Å².